The van der Waals surface area contributed by atoms with E-state index in [1.165, 1.54) is 24.3 Å². The number of fused-ring (bicyclic) bond motifs is 1. The number of carbonyl (C=O) groups excluding carboxylic acids is 2. The summed E-state index contributed by atoms with van der Waals surface area (Å²) in [6.07, 6.45) is 6.43. The highest BCUT2D eigenvalue weighted by Gasteiger charge is 2.44. The first-order valence-corrected chi connectivity index (χ1v) is 9.93. The number of unbranched alkanes of at least 4 members (excludes halogenated alkanes) is 1. The van der Waals surface area contributed by atoms with Crippen molar-refractivity contribution in [1.29, 1.82) is 0 Å². The molecule has 3 heterocycles. The number of esters is 1. The summed E-state index contributed by atoms with van der Waals surface area (Å²) in [5.41, 5.74) is 1.70. The molecule has 0 bridgehead atoms. The minimum Gasteiger partial charge on any atom is -0.465 e. The summed E-state index contributed by atoms with van der Waals surface area (Å²) in [4.78, 5) is 37.2. The standard InChI is InChI=1S/C23H20FN3O4/c1-2-3-11-30-23(29)19-20(28)18(12-14-13-26-21-17(14)5-4-10-25-21)31-22(19)27-16-8-6-15(24)7-9-16/h4-10,12-13,19H,2-3,11H2,1H3,(H,25,26)/b18-12-,27-22?. The molecule has 0 spiro atoms. The topological polar surface area (TPSA) is 93.6 Å². The number of carbonyl (C=O) groups is 2. The van der Waals surface area contributed by atoms with Gasteiger partial charge in [0.2, 0.25) is 11.7 Å². The van der Waals surface area contributed by atoms with Gasteiger partial charge in [-0.15, -0.1) is 0 Å². The van der Waals surface area contributed by atoms with E-state index in [1.54, 1.807) is 24.5 Å². The second kappa shape index (κ2) is 8.91. The third-order valence-electron chi connectivity index (χ3n) is 4.78. The average Bonchev–Trinajstić information content (AvgIpc) is 3.31. The second-order valence-corrected chi connectivity index (χ2v) is 7.00. The van der Waals surface area contributed by atoms with Crippen LogP contribution in [0.4, 0.5) is 10.1 Å². The predicted molar refractivity (Wildman–Crippen MR) is 113 cm³/mol. The summed E-state index contributed by atoms with van der Waals surface area (Å²) in [5.74, 6) is -3.11. The molecule has 0 radical (unpaired) electrons. The molecule has 158 valence electrons. The molecule has 8 heteroatoms. The fourth-order valence-corrected chi connectivity index (χ4v) is 3.15. The molecule has 1 aliphatic rings. The number of nitrogens with one attached hydrogen (secondary N) is 1. The van der Waals surface area contributed by atoms with E-state index in [4.69, 9.17) is 9.47 Å². The highest BCUT2D eigenvalue weighted by Crippen LogP contribution is 2.29. The molecule has 1 unspecified atom stereocenters. The van der Waals surface area contributed by atoms with Crippen LogP contribution in [0.15, 0.2) is 59.5 Å². The van der Waals surface area contributed by atoms with E-state index in [9.17, 15) is 14.0 Å². The van der Waals surface area contributed by atoms with Crippen LogP contribution < -0.4 is 0 Å². The molecule has 2 aromatic heterocycles. The van der Waals surface area contributed by atoms with Crippen molar-refractivity contribution in [3.63, 3.8) is 0 Å². The molecule has 7 nitrogen and oxygen atoms in total. The summed E-state index contributed by atoms with van der Waals surface area (Å²) in [6, 6.07) is 8.98. The van der Waals surface area contributed by atoms with Gasteiger partial charge in [0.25, 0.3) is 0 Å². The smallest absolute Gasteiger partial charge is 0.326 e. The maximum atomic E-state index is 13.2. The highest BCUT2D eigenvalue weighted by atomic mass is 19.1. The van der Waals surface area contributed by atoms with Crippen LogP contribution in [-0.2, 0) is 19.1 Å². The number of halogens is 1. The first-order chi connectivity index (χ1) is 15.1. The van der Waals surface area contributed by atoms with Gasteiger partial charge in [0, 0.05) is 23.3 Å². The first-order valence-electron chi connectivity index (χ1n) is 9.93. The van der Waals surface area contributed by atoms with Crippen molar-refractivity contribution in [2.24, 2.45) is 10.9 Å². The lowest BCUT2D eigenvalue weighted by Gasteiger charge is -2.07. The zero-order valence-corrected chi connectivity index (χ0v) is 16.8. The van der Waals surface area contributed by atoms with Crippen LogP contribution in [0.3, 0.4) is 0 Å². The van der Waals surface area contributed by atoms with E-state index in [1.807, 2.05) is 13.0 Å². The molecule has 0 aliphatic carbocycles. The van der Waals surface area contributed by atoms with Crippen molar-refractivity contribution in [2.45, 2.75) is 19.8 Å². The van der Waals surface area contributed by atoms with Gasteiger partial charge in [-0.1, -0.05) is 13.3 Å². The Labute approximate surface area is 177 Å². The second-order valence-electron chi connectivity index (χ2n) is 7.00. The van der Waals surface area contributed by atoms with Crippen LogP contribution in [0, 0.1) is 11.7 Å². The van der Waals surface area contributed by atoms with E-state index < -0.39 is 23.5 Å². The molecule has 1 fully saturated rings. The number of ketones is 1. The molecule has 1 N–H and O–H groups in total. The molecule has 1 atom stereocenters. The molecular weight excluding hydrogens is 401 g/mol. The number of allylic oxidation sites excluding steroid dienone is 1. The Bertz CT molecular complexity index is 1180. The number of Topliss-reactive ketones (excluding diaryl/α,β-unsaturated/α-hetero) is 1. The SMILES string of the molecule is CCCCOC(=O)C1C(=O)/C(=C/c2c[nH]c3ncccc23)OC1=Nc1ccc(F)cc1. The number of benzene rings is 1. The van der Waals surface area contributed by atoms with Gasteiger partial charge in [0.15, 0.2) is 11.7 Å². The minimum atomic E-state index is -1.31. The summed E-state index contributed by atoms with van der Waals surface area (Å²) in [7, 11) is 0. The van der Waals surface area contributed by atoms with Crippen LogP contribution in [0.5, 0.6) is 0 Å². The van der Waals surface area contributed by atoms with Crippen molar-refractivity contribution in [2.75, 3.05) is 6.61 Å². The average molecular weight is 421 g/mol. The van der Waals surface area contributed by atoms with Crippen molar-refractivity contribution in [1.82, 2.24) is 9.97 Å². The number of hydrogen-bond acceptors (Lipinski definition) is 6. The number of H-pyrrole nitrogens is 1. The molecule has 0 amide bonds. The molecule has 31 heavy (non-hydrogen) atoms. The predicted octanol–water partition coefficient (Wildman–Crippen LogP) is 4.33. The third kappa shape index (κ3) is 4.37. The number of aliphatic imine (C=N–C) groups is 1. The highest BCUT2D eigenvalue weighted by molar-refractivity contribution is 6.27. The Balaban J connectivity index is 1.69. The van der Waals surface area contributed by atoms with E-state index in [0.717, 1.165) is 11.8 Å². The van der Waals surface area contributed by atoms with Crippen LogP contribution in [0.2, 0.25) is 0 Å². The summed E-state index contributed by atoms with van der Waals surface area (Å²) in [6.45, 7) is 2.17. The molecule has 0 saturated carbocycles. The van der Waals surface area contributed by atoms with Gasteiger partial charge >= 0.3 is 5.97 Å². The number of nitrogens with zero attached hydrogens (tertiary/aromatic N) is 2. The van der Waals surface area contributed by atoms with Crippen molar-refractivity contribution in [3.8, 4) is 0 Å². The summed E-state index contributed by atoms with van der Waals surface area (Å²) in [5, 5.41) is 0.803. The van der Waals surface area contributed by atoms with E-state index >= 15 is 0 Å². The molecule has 1 saturated heterocycles. The van der Waals surface area contributed by atoms with Gasteiger partial charge in [0.05, 0.1) is 12.3 Å². The molecule has 1 aromatic carbocycles. The zero-order valence-electron chi connectivity index (χ0n) is 16.8. The van der Waals surface area contributed by atoms with E-state index in [2.05, 4.69) is 15.0 Å². The van der Waals surface area contributed by atoms with Crippen molar-refractivity contribution >= 4 is 40.4 Å². The normalized spacial score (nSPS) is 18.6. The summed E-state index contributed by atoms with van der Waals surface area (Å²) >= 11 is 0. The van der Waals surface area contributed by atoms with Crippen LogP contribution >= 0.6 is 0 Å². The lowest BCUT2D eigenvalue weighted by Crippen LogP contribution is -2.28. The van der Waals surface area contributed by atoms with Gasteiger partial charge in [-0.05, 0) is 48.9 Å². The zero-order chi connectivity index (χ0) is 21.8. The van der Waals surface area contributed by atoms with Crippen LogP contribution in [-0.4, -0.2) is 34.2 Å². The fourth-order valence-electron chi connectivity index (χ4n) is 3.15. The monoisotopic (exact) mass is 421 g/mol. The Kier molecular flexibility index (Phi) is 5.88. The molecular formula is C23H20FN3O4. The largest absolute Gasteiger partial charge is 0.465 e. The third-order valence-corrected chi connectivity index (χ3v) is 4.78. The molecule has 1 aliphatic heterocycles. The fraction of sp³-hybridized carbons (Fsp3) is 0.217. The number of aromatic amines is 1. The van der Waals surface area contributed by atoms with Gasteiger partial charge < -0.3 is 14.5 Å². The number of hydrogen-bond donors (Lipinski definition) is 1. The Hall–Kier alpha value is -3.81. The molecule has 3 aromatic rings. The van der Waals surface area contributed by atoms with Crippen molar-refractivity contribution < 1.29 is 23.5 Å². The molecule has 4 rings (SSSR count). The van der Waals surface area contributed by atoms with Gasteiger partial charge in [-0.25, -0.2) is 14.4 Å². The first kappa shape index (κ1) is 20.5. The van der Waals surface area contributed by atoms with Gasteiger partial charge in [-0.2, -0.15) is 0 Å². The van der Waals surface area contributed by atoms with Crippen LogP contribution in [0.25, 0.3) is 17.1 Å². The number of rotatable bonds is 6. The Morgan fingerprint density at radius 1 is 1.32 bits per heavy atom. The van der Waals surface area contributed by atoms with E-state index in [-0.39, 0.29) is 18.3 Å². The number of pyridine rings is 1. The van der Waals surface area contributed by atoms with Gasteiger partial charge in [0.1, 0.15) is 11.5 Å². The lowest BCUT2D eigenvalue weighted by atomic mass is 10.0. The van der Waals surface area contributed by atoms with E-state index in [0.29, 0.717) is 23.3 Å². The Morgan fingerprint density at radius 2 is 2.13 bits per heavy atom. The minimum absolute atomic E-state index is 0.0249. The quantitative estimate of drug-likeness (QED) is 0.277. The maximum absolute atomic E-state index is 13.2. The van der Waals surface area contributed by atoms with Crippen LogP contribution in [0.1, 0.15) is 25.3 Å². The number of aromatic nitrogens is 2. The maximum Gasteiger partial charge on any atom is 0.326 e. The Morgan fingerprint density at radius 3 is 2.90 bits per heavy atom. The van der Waals surface area contributed by atoms with Gasteiger partial charge in [-0.3, -0.25) is 9.59 Å². The van der Waals surface area contributed by atoms with Crippen molar-refractivity contribution in [3.05, 3.63) is 65.9 Å². The summed E-state index contributed by atoms with van der Waals surface area (Å²) < 4.78 is 24.2. The number of ether oxygens (including phenoxy) is 2. The lowest BCUT2D eigenvalue weighted by molar-refractivity contribution is -0.148.